The number of sulfonamides is 1. The molecule has 0 bridgehead atoms. The molecule has 0 saturated heterocycles. The first-order valence-electron chi connectivity index (χ1n) is 3.47. The van der Waals surface area contributed by atoms with Crippen molar-refractivity contribution in [2.24, 2.45) is 4.40 Å². The minimum atomic E-state index is -3.20. The van der Waals surface area contributed by atoms with Gasteiger partial charge in [0.1, 0.15) is 0 Å². The van der Waals surface area contributed by atoms with Gasteiger partial charge in [-0.2, -0.15) is 4.40 Å². The van der Waals surface area contributed by atoms with E-state index in [1.807, 2.05) is 0 Å². The molecule has 0 aromatic rings. The zero-order chi connectivity index (χ0) is 9.12. The van der Waals surface area contributed by atoms with E-state index in [0.717, 1.165) is 6.04 Å². The van der Waals surface area contributed by atoms with Crippen LogP contribution in [0.1, 0.15) is 0 Å². The number of rotatable bonds is 4. The van der Waals surface area contributed by atoms with Gasteiger partial charge in [-0.3, -0.25) is 0 Å². The van der Waals surface area contributed by atoms with Gasteiger partial charge in [0.05, 0.1) is 5.75 Å². The smallest absolute Gasteiger partial charge is 0.205 e. The molecule has 0 aliphatic heterocycles. The lowest BCUT2D eigenvalue weighted by molar-refractivity contribution is 0.599. The van der Waals surface area contributed by atoms with Crippen LogP contribution in [0.4, 0.5) is 0 Å². The summed E-state index contributed by atoms with van der Waals surface area (Å²) in [4.78, 5) is 0. The third kappa shape index (κ3) is 6.24. The fraction of sp³-hybridized carbons (Fsp3) is 0.833. The zero-order valence-electron chi connectivity index (χ0n) is 7.29. The number of hydrogen-bond donors (Lipinski definition) is 0. The Balaban J connectivity index is 4.01. The van der Waals surface area contributed by atoms with Crippen molar-refractivity contribution in [1.82, 2.24) is 0 Å². The van der Waals surface area contributed by atoms with Crippen LogP contribution in [0.5, 0.6) is 0 Å². The quantitative estimate of drug-likeness (QED) is 0.500. The summed E-state index contributed by atoms with van der Waals surface area (Å²) in [5, 5.41) is 0. The molecule has 0 spiro atoms. The second-order valence-electron chi connectivity index (χ2n) is 3.73. The van der Waals surface area contributed by atoms with Crippen LogP contribution >= 0.6 is 0 Å². The molecule has 0 aliphatic rings. The molecule has 0 heterocycles. The lowest BCUT2D eigenvalue weighted by Gasteiger charge is -2.13. The molecule has 5 heteroatoms. The largest absolute Gasteiger partial charge is 0.252 e. The summed E-state index contributed by atoms with van der Waals surface area (Å²) in [6, 6.07) is 0.758. The SMILES string of the molecule is C=NS(=O)(=O)CC[Si](C)(C)C. The van der Waals surface area contributed by atoms with Crippen molar-refractivity contribution in [1.29, 1.82) is 0 Å². The molecule has 0 aliphatic carbocycles. The van der Waals surface area contributed by atoms with Gasteiger partial charge in [-0.25, -0.2) is 8.42 Å². The lowest BCUT2D eigenvalue weighted by atomic mass is 11.0. The van der Waals surface area contributed by atoms with Crippen LogP contribution in [-0.4, -0.2) is 29.0 Å². The highest BCUT2D eigenvalue weighted by atomic mass is 32.2. The van der Waals surface area contributed by atoms with Gasteiger partial charge in [0, 0.05) is 14.8 Å². The first kappa shape index (κ1) is 10.8. The minimum Gasteiger partial charge on any atom is -0.205 e. The van der Waals surface area contributed by atoms with E-state index in [4.69, 9.17) is 0 Å². The van der Waals surface area contributed by atoms with Gasteiger partial charge in [0.15, 0.2) is 0 Å². The van der Waals surface area contributed by atoms with Gasteiger partial charge in [0.2, 0.25) is 0 Å². The summed E-state index contributed by atoms with van der Waals surface area (Å²) < 4.78 is 24.7. The summed E-state index contributed by atoms with van der Waals surface area (Å²) in [6.45, 7) is 9.40. The Morgan fingerprint density at radius 2 is 1.82 bits per heavy atom. The van der Waals surface area contributed by atoms with E-state index in [2.05, 4.69) is 30.8 Å². The standard InChI is InChI=1S/C6H15NO2SSi/c1-7-10(8,9)5-6-11(2,3)4/h1,5-6H2,2-4H3. The Bertz CT molecular complexity index is 227. The van der Waals surface area contributed by atoms with Gasteiger partial charge in [-0.15, -0.1) is 0 Å². The number of nitrogens with zero attached hydrogens (tertiary/aromatic N) is 1. The summed E-state index contributed by atoms with van der Waals surface area (Å²) in [5.41, 5.74) is 0. The van der Waals surface area contributed by atoms with Crippen LogP contribution in [-0.2, 0) is 10.0 Å². The van der Waals surface area contributed by atoms with Crippen LogP contribution in [0, 0.1) is 0 Å². The highest BCUT2D eigenvalue weighted by Gasteiger charge is 2.17. The van der Waals surface area contributed by atoms with Crippen molar-refractivity contribution >= 4 is 24.8 Å². The molecule has 0 aromatic carbocycles. The van der Waals surface area contributed by atoms with Crippen molar-refractivity contribution in [3.63, 3.8) is 0 Å². The van der Waals surface area contributed by atoms with Crippen LogP contribution in [0.15, 0.2) is 4.40 Å². The normalized spacial score (nSPS) is 13.0. The maximum Gasteiger partial charge on any atom is 0.252 e. The minimum absolute atomic E-state index is 0.159. The summed E-state index contributed by atoms with van der Waals surface area (Å²) in [7, 11) is -4.45. The first-order chi connectivity index (χ1) is 4.77. The fourth-order valence-corrected chi connectivity index (χ4v) is 4.11. The van der Waals surface area contributed by atoms with Gasteiger partial charge in [0.25, 0.3) is 10.0 Å². The molecule has 0 atom stereocenters. The predicted molar refractivity (Wildman–Crippen MR) is 51.5 cm³/mol. The second kappa shape index (κ2) is 3.49. The molecular weight excluding hydrogens is 178 g/mol. The third-order valence-corrected chi connectivity index (χ3v) is 4.53. The molecule has 0 fully saturated rings. The van der Waals surface area contributed by atoms with Gasteiger partial charge in [-0.1, -0.05) is 19.6 Å². The molecule has 0 unspecified atom stereocenters. The van der Waals surface area contributed by atoms with E-state index in [1.165, 1.54) is 0 Å². The molecule has 0 radical (unpaired) electrons. The highest BCUT2D eigenvalue weighted by molar-refractivity contribution is 7.90. The molecule has 0 saturated carbocycles. The van der Waals surface area contributed by atoms with Crippen molar-refractivity contribution in [3.05, 3.63) is 0 Å². The van der Waals surface area contributed by atoms with E-state index >= 15 is 0 Å². The average Bonchev–Trinajstić information content (AvgIpc) is 1.83. The van der Waals surface area contributed by atoms with Crippen LogP contribution in [0.25, 0.3) is 0 Å². The average molecular weight is 193 g/mol. The van der Waals surface area contributed by atoms with Gasteiger partial charge >= 0.3 is 0 Å². The van der Waals surface area contributed by atoms with E-state index in [1.54, 1.807) is 0 Å². The van der Waals surface area contributed by atoms with E-state index in [9.17, 15) is 8.42 Å². The van der Waals surface area contributed by atoms with Gasteiger partial charge in [-0.05, 0) is 6.04 Å². The van der Waals surface area contributed by atoms with Gasteiger partial charge < -0.3 is 0 Å². The lowest BCUT2D eigenvalue weighted by Crippen LogP contribution is -2.23. The zero-order valence-corrected chi connectivity index (χ0v) is 9.11. The van der Waals surface area contributed by atoms with Crippen LogP contribution < -0.4 is 0 Å². The highest BCUT2D eigenvalue weighted by Crippen LogP contribution is 2.10. The van der Waals surface area contributed by atoms with Crippen molar-refractivity contribution in [3.8, 4) is 0 Å². The molecule has 11 heavy (non-hydrogen) atoms. The van der Waals surface area contributed by atoms with Crippen molar-refractivity contribution < 1.29 is 8.42 Å². The molecular formula is C6H15NO2SSi. The van der Waals surface area contributed by atoms with E-state index in [0.29, 0.717) is 0 Å². The van der Waals surface area contributed by atoms with E-state index in [-0.39, 0.29) is 5.75 Å². The Hall–Kier alpha value is -0.163. The summed E-state index contributed by atoms with van der Waals surface area (Å²) >= 11 is 0. The van der Waals surface area contributed by atoms with E-state index < -0.39 is 18.1 Å². The maximum absolute atomic E-state index is 10.8. The molecule has 0 amide bonds. The second-order valence-corrected chi connectivity index (χ2v) is 11.2. The number of hydrogen-bond acceptors (Lipinski definition) is 2. The molecule has 0 rings (SSSR count). The Morgan fingerprint density at radius 1 is 1.36 bits per heavy atom. The molecule has 3 nitrogen and oxygen atoms in total. The predicted octanol–water partition coefficient (Wildman–Crippen LogP) is 1.35. The Kier molecular flexibility index (Phi) is 3.44. The van der Waals surface area contributed by atoms with Crippen LogP contribution in [0.3, 0.4) is 0 Å². The Morgan fingerprint density at radius 3 is 2.09 bits per heavy atom. The van der Waals surface area contributed by atoms with Crippen LogP contribution in [0.2, 0.25) is 25.7 Å². The topological polar surface area (TPSA) is 46.5 Å². The molecule has 0 N–H and O–H groups in total. The first-order valence-corrected chi connectivity index (χ1v) is 8.79. The molecule has 66 valence electrons. The third-order valence-electron chi connectivity index (χ3n) is 1.31. The van der Waals surface area contributed by atoms with Crippen molar-refractivity contribution in [2.75, 3.05) is 5.75 Å². The monoisotopic (exact) mass is 193 g/mol. The van der Waals surface area contributed by atoms with Crippen molar-refractivity contribution in [2.45, 2.75) is 25.7 Å². The fourth-order valence-electron chi connectivity index (χ4n) is 0.500. The molecule has 0 aromatic heterocycles. The summed E-state index contributed by atoms with van der Waals surface area (Å²) in [5.74, 6) is 0.159. The maximum atomic E-state index is 10.8. The Labute approximate surface area is 69.6 Å². The summed E-state index contributed by atoms with van der Waals surface area (Å²) in [6.07, 6.45) is 0.